The summed E-state index contributed by atoms with van der Waals surface area (Å²) in [5, 5.41) is 4.34. The molecule has 0 aliphatic rings. The van der Waals surface area contributed by atoms with E-state index in [1.165, 1.54) is 11.1 Å². The van der Waals surface area contributed by atoms with Crippen molar-refractivity contribution >= 4 is 11.0 Å². The quantitative estimate of drug-likeness (QED) is 0.883. The van der Waals surface area contributed by atoms with Gasteiger partial charge in [-0.15, -0.1) is 0 Å². The molecule has 0 aliphatic heterocycles. The number of ether oxygens (including phenoxy) is 1. The Bertz CT molecular complexity index is 543. The molecule has 1 heterocycles. The maximum atomic E-state index is 5.94. The topological polar surface area (TPSA) is 34.4 Å². The molecule has 0 bridgehead atoms. The molecule has 0 saturated heterocycles. The van der Waals surface area contributed by atoms with Gasteiger partial charge < -0.3 is 14.5 Å². The molecule has 0 saturated carbocycles. The highest BCUT2D eigenvalue weighted by atomic mass is 16.5. The molecule has 2 aromatic rings. The molecule has 0 aliphatic carbocycles. The fourth-order valence-electron chi connectivity index (χ4n) is 2.14. The van der Waals surface area contributed by atoms with E-state index in [0.717, 1.165) is 22.5 Å². The number of nitrogens with one attached hydrogen (secondary N) is 1. The first-order valence-electron chi connectivity index (χ1n) is 5.83. The van der Waals surface area contributed by atoms with Gasteiger partial charge in [0.05, 0.1) is 13.2 Å². The van der Waals surface area contributed by atoms with Crippen molar-refractivity contribution in [2.45, 2.75) is 26.8 Å². The first-order valence-corrected chi connectivity index (χ1v) is 5.83. The minimum absolute atomic E-state index is 0.201. The van der Waals surface area contributed by atoms with Gasteiger partial charge in [-0.2, -0.15) is 0 Å². The minimum atomic E-state index is 0.201. The van der Waals surface area contributed by atoms with Gasteiger partial charge in [0.25, 0.3) is 0 Å². The van der Waals surface area contributed by atoms with Gasteiger partial charge in [0.2, 0.25) is 0 Å². The summed E-state index contributed by atoms with van der Waals surface area (Å²) in [6.45, 7) is 6.24. The smallest absolute Gasteiger partial charge is 0.176 e. The molecule has 3 heteroatoms. The molecule has 1 atom stereocenters. The third kappa shape index (κ3) is 1.91. The summed E-state index contributed by atoms with van der Waals surface area (Å²) in [6.07, 6.45) is 0. The lowest BCUT2D eigenvalue weighted by molar-refractivity contribution is 0.402. The monoisotopic (exact) mass is 233 g/mol. The summed E-state index contributed by atoms with van der Waals surface area (Å²) >= 11 is 0. The average Bonchev–Trinajstić information content (AvgIpc) is 2.65. The molecule has 0 radical (unpaired) electrons. The van der Waals surface area contributed by atoms with Crippen LogP contribution >= 0.6 is 0 Å². The van der Waals surface area contributed by atoms with Crippen LogP contribution in [0, 0.1) is 13.8 Å². The second kappa shape index (κ2) is 4.41. The molecule has 1 unspecified atom stereocenters. The summed E-state index contributed by atoms with van der Waals surface area (Å²) < 4.78 is 11.3. The lowest BCUT2D eigenvalue weighted by Crippen LogP contribution is -2.12. The Morgan fingerprint density at radius 2 is 2.00 bits per heavy atom. The van der Waals surface area contributed by atoms with Crippen molar-refractivity contribution in [1.29, 1.82) is 0 Å². The molecule has 1 aromatic heterocycles. The zero-order chi connectivity index (χ0) is 12.6. The molecule has 0 amide bonds. The van der Waals surface area contributed by atoms with Gasteiger partial charge in [-0.25, -0.2) is 0 Å². The van der Waals surface area contributed by atoms with E-state index in [1.807, 2.05) is 13.1 Å². The van der Waals surface area contributed by atoms with Crippen LogP contribution in [0.25, 0.3) is 11.0 Å². The highest BCUT2D eigenvalue weighted by molar-refractivity contribution is 5.88. The predicted molar refractivity (Wildman–Crippen MR) is 69.7 cm³/mol. The van der Waals surface area contributed by atoms with Crippen molar-refractivity contribution < 1.29 is 9.15 Å². The average molecular weight is 233 g/mol. The molecule has 0 spiro atoms. The normalized spacial score (nSPS) is 13.0. The van der Waals surface area contributed by atoms with Crippen molar-refractivity contribution in [3.8, 4) is 5.75 Å². The lowest BCUT2D eigenvalue weighted by Gasteiger charge is -2.06. The van der Waals surface area contributed by atoms with Gasteiger partial charge in [-0.05, 0) is 45.5 Å². The highest BCUT2D eigenvalue weighted by Crippen LogP contribution is 2.35. The van der Waals surface area contributed by atoms with E-state index in [4.69, 9.17) is 9.15 Å². The van der Waals surface area contributed by atoms with Crippen molar-refractivity contribution in [3.63, 3.8) is 0 Å². The number of aryl methyl sites for hydroxylation is 2. The van der Waals surface area contributed by atoms with Crippen LogP contribution in [-0.2, 0) is 0 Å². The SMILES string of the molecule is CNC(C)c1oc2c(OC)cc(C)cc2c1C. The Hall–Kier alpha value is -1.48. The second-order valence-corrected chi connectivity index (χ2v) is 4.45. The van der Waals surface area contributed by atoms with Crippen molar-refractivity contribution in [3.05, 3.63) is 29.0 Å². The number of benzene rings is 1. The van der Waals surface area contributed by atoms with E-state index in [0.29, 0.717) is 0 Å². The van der Waals surface area contributed by atoms with Crippen LogP contribution in [0.1, 0.15) is 29.9 Å². The predicted octanol–water partition coefficient (Wildman–Crippen LogP) is 3.34. The number of furan rings is 1. The summed E-state index contributed by atoms with van der Waals surface area (Å²) in [5.74, 6) is 1.78. The maximum Gasteiger partial charge on any atom is 0.176 e. The van der Waals surface area contributed by atoms with E-state index in [2.05, 4.69) is 32.2 Å². The molecule has 1 aromatic carbocycles. The molecular formula is C14H19NO2. The van der Waals surface area contributed by atoms with Gasteiger partial charge in [0, 0.05) is 10.9 Å². The Kier molecular flexibility index (Phi) is 3.11. The van der Waals surface area contributed by atoms with E-state index in [9.17, 15) is 0 Å². The summed E-state index contributed by atoms with van der Waals surface area (Å²) in [5.41, 5.74) is 3.21. The van der Waals surface area contributed by atoms with Crippen LogP contribution in [0.2, 0.25) is 0 Å². The Morgan fingerprint density at radius 3 is 2.59 bits per heavy atom. The molecule has 3 nitrogen and oxygen atoms in total. The molecule has 17 heavy (non-hydrogen) atoms. The standard InChI is InChI=1S/C14H19NO2/c1-8-6-11-9(2)13(10(3)15-4)17-14(11)12(7-8)16-5/h6-7,10,15H,1-5H3. The molecule has 1 N–H and O–H groups in total. The third-order valence-corrected chi connectivity index (χ3v) is 3.23. The third-order valence-electron chi connectivity index (χ3n) is 3.23. The first kappa shape index (κ1) is 12.0. The van der Waals surface area contributed by atoms with E-state index >= 15 is 0 Å². The number of rotatable bonds is 3. The molecule has 2 rings (SSSR count). The van der Waals surface area contributed by atoms with Crippen LogP contribution in [0.15, 0.2) is 16.5 Å². The molecular weight excluding hydrogens is 214 g/mol. The first-order chi connectivity index (χ1) is 8.08. The van der Waals surface area contributed by atoms with Crippen LogP contribution < -0.4 is 10.1 Å². The summed E-state index contributed by atoms with van der Waals surface area (Å²) in [6, 6.07) is 4.34. The van der Waals surface area contributed by atoms with Crippen molar-refractivity contribution in [2.24, 2.45) is 0 Å². The van der Waals surface area contributed by atoms with Crippen LogP contribution in [0.5, 0.6) is 5.75 Å². The summed E-state index contributed by atoms with van der Waals surface area (Å²) in [4.78, 5) is 0. The number of hydrogen-bond acceptors (Lipinski definition) is 3. The number of fused-ring (bicyclic) bond motifs is 1. The summed E-state index contributed by atoms with van der Waals surface area (Å²) in [7, 11) is 3.60. The fraction of sp³-hybridized carbons (Fsp3) is 0.429. The Labute approximate surface area is 102 Å². The van der Waals surface area contributed by atoms with Gasteiger partial charge in [0.1, 0.15) is 5.76 Å². The minimum Gasteiger partial charge on any atom is -0.493 e. The largest absolute Gasteiger partial charge is 0.493 e. The zero-order valence-electron chi connectivity index (χ0n) is 11.0. The van der Waals surface area contributed by atoms with Gasteiger partial charge in [-0.1, -0.05) is 0 Å². The van der Waals surface area contributed by atoms with Crippen LogP contribution in [0.3, 0.4) is 0 Å². The van der Waals surface area contributed by atoms with E-state index in [-0.39, 0.29) is 6.04 Å². The van der Waals surface area contributed by atoms with Crippen molar-refractivity contribution in [1.82, 2.24) is 5.32 Å². The van der Waals surface area contributed by atoms with Gasteiger partial charge in [0.15, 0.2) is 11.3 Å². The van der Waals surface area contributed by atoms with Gasteiger partial charge >= 0.3 is 0 Å². The van der Waals surface area contributed by atoms with Gasteiger partial charge in [-0.3, -0.25) is 0 Å². The zero-order valence-corrected chi connectivity index (χ0v) is 11.0. The fourth-order valence-corrected chi connectivity index (χ4v) is 2.14. The van der Waals surface area contributed by atoms with E-state index < -0.39 is 0 Å². The lowest BCUT2D eigenvalue weighted by atomic mass is 10.1. The second-order valence-electron chi connectivity index (χ2n) is 4.45. The number of methoxy groups -OCH3 is 1. The Morgan fingerprint density at radius 1 is 1.29 bits per heavy atom. The number of hydrogen-bond donors (Lipinski definition) is 1. The van der Waals surface area contributed by atoms with Crippen LogP contribution in [0.4, 0.5) is 0 Å². The van der Waals surface area contributed by atoms with Crippen molar-refractivity contribution in [2.75, 3.05) is 14.2 Å². The Balaban J connectivity index is 2.72. The molecule has 92 valence electrons. The van der Waals surface area contributed by atoms with E-state index in [1.54, 1.807) is 7.11 Å². The maximum absolute atomic E-state index is 5.94. The molecule has 0 fully saturated rings. The highest BCUT2D eigenvalue weighted by Gasteiger charge is 2.18. The van der Waals surface area contributed by atoms with Crippen LogP contribution in [-0.4, -0.2) is 14.2 Å².